The van der Waals surface area contributed by atoms with Crippen LogP contribution in [0.25, 0.3) is 0 Å². The molecule has 5 rings (SSSR count). The van der Waals surface area contributed by atoms with Crippen molar-refractivity contribution < 1.29 is 13.5 Å². The van der Waals surface area contributed by atoms with Crippen LogP contribution in [0, 0.1) is 6.92 Å². The second kappa shape index (κ2) is 11.0. The number of benzene rings is 2. The lowest BCUT2D eigenvalue weighted by atomic mass is 10.1. The molecule has 37 heavy (non-hydrogen) atoms. The van der Waals surface area contributed by atoms with E-state index in [0.29, 0.717) is 23.9 Å². The van der Waals surface area contributed by atoms with E-state index in [1.54, 1.807) is 30.6 Å². The maximum absolute atomic E-state index is 13.9. The van der Waals surface area contributed by atoms with E-state index in [9.17, 15) is 13.5 Å². The fourth-order valence-electron chi connectivity index (χ4n) is 4.29. The van der Waals surface area contributed by atoms with Crippen molar-refractivity contribution in [3.05, 3.63) is 94.8 Å². The fraction of sp³-hybridized carbons (Fsp3) is 0.259. The van der Waals surface area contributed by atoms with Crippen LogP contribution in [-0.4, -0.2) is 43.1 Å². The third kappa shape index (κ3) is 5.67. The van der Waals surface area contributed by atoms with E-state index in [0.717, 1.165) is 47.5 Å². The number of hydrogen-bond donors (Lipinski definition) is 3. The number of anilines is 3. The molecule has 2 aromatic heterocycles. The minimum atomic E-state index is -3.88. The molecular formula is C27H29N5O3S2. The molecule has 8 nitrogen and oxygen atoms in total. The van der Waals surface area contributed by atoms with Crippen LogP contribution in [0.2, 0.25) is 0 Å². The van der Waals surface area contributed by atoms with Crippen LogP contribution in [0.15, 0.2) is 77.3 Å². The number of sulfonamides is 1. The summed E-state index contributed by atoms with van der Waals surface area (Å²) in [6.45, 7) is 3.77. The van der Waals surface area contributed by atoms with Crippen LogP contribution in [0.4, 0.5) is 16.5 Å². The van der Waals surface area contributed by atoms with Gasteiger partial charge < -0.3 is 15.7 Å². The first-order valence-electron chi connectivity index (χ1n) is 12.1. The Morgan fingerprint density at radius 2 is 2.03 bits per heavy atom. The third-order valence-electron chi connectivity index (χ3n) is 6.27. The van der Waals surface area contributed by atoms with Gasteiger partial charge in [0.1, 0.15) is 0 Å². The Balaban J connectivity index is 1.31. The van der Waals surface area contributed by atoms with Crippen LogP contribution in [0.3, 0.4) is 0 Å². The monoisotopic (exact) mass is 535 g/mol. The van der Waals surface area contributed by atoms with Gasteiger partial charge in [-0.3, -0.25) is 4.98 Å². The third-order valence-corrected chi connectivity index (χ3v) is 9.05. The number of nitrogens with zero attached hydrogens (tertiary/aromatic N) is 3. The molecule has 0 bridgehead atoms. The summed E-state index contributed by atoms with van der Waals surface area (Å²) >= 11 is 1.31. The standard InChI is InChI=1S/C27H29N5O3S2/c1-19-18-36-27(31-19)32(37(34,35)24-8-9-25-21(15-24)11-14-30-25)23-6-4-20(5-7-23)10-13-29-17-26(33)22-3-2-12-28-16-22/h2-9,12,15-16,18,26,29-30,33H,10-11,13-14,17H2,1H3. The van der Waals surface area contributed by atoms with Gasteiger partial charge in [-0.25, -0.2) is 17.7 Å². The molecule has 3 N–H and O–H groups in total. The SMILES string of the molecule is Cc1csc(N(c2ccc(CCNCC(O)c3cccnc3)cc2)S(=O)(=O)c2ccc3c(c2)CCN3)n1. The van der Waals surface area contributed by atoms with E-state index < -0.39 is 16.1 Å². The number of aromatic nitrogens is 2. The molecule has 4 aromatic rings. The Morgan fingerprint density at radius 1 is 1.19 bits per heavy atom. The van der Waals surface area contributed by atoms with E-state index in [1.807, 2.05) is 48.7 Å². The molecule has 0 fully saturated rings. The van der Waals surface area contributed by atoms with Gasteiger partial charge in [-0.1, -0.05) is 18.2 Å². The lowest BCUT2D eigenvalue weighted by Gasteiger charge is -2.22. The Bertz CT molecular complexity index is 1460. The van der Waals surface area contributed by atoms with Crippen LogP contribution in [0.1, 0.15) is 28.5 Å². The Hall–Kier alpha value is -3.31. The smallest absolute Gasteiger partial charge is 0.270 e. The molecule has 1 atom stereocenters. The summed E-state index contributed by atoms with van der Waals surface area (Å²) in [5.74, 6) is 0. The average Bonchev–Trinajstić information content (AvgIpc) is 3.56. The van der Waals surface area contributed by atoms with E-state index in [1.165, 1.54) is 15.6 Å². The largest absolute Gasteiger partial charge is 0.387 e. The van der Waals surface area contributed by atoms with Crippen LogP contribution in [-0.2, 0) is 22.9 Å². The molecule has 0 saturated heterocycles. The minimum absolute atomic E-state index is 0.253. The highest BCUT2D eigenvalue weighted by Crippen LogP contribution is 2.36. The molecular weight excluding hydrogens is 506 g/mol. The summed E-state index contributed by atoms with van der Waals surface area (Å²) in [7, 11) is -3.88. The number of pyridine rings is 1. The molecule has 192 valence electrons. The molecule has 0 aliphatic carbocycles. The number of aliphatic hydroxyl groups is 1. The normalized spacial score (nSPS) is 13.7. The molecule has 1 aliphatic rings. The van der Waals surface area contributed by atoms with Crippen molar-refractivity contribution >= 4 is 37.9 Å². The molecule has 0 spiro atoms. The van der Waals surface area contributed by atoms with Crippen molar-refractivity contribution in [2.75, 3.05) is 29.3 Å². The minimum Gasteiger partial charge on any atom is -0.387 e. The van der Waals surface area contributed by atoms with Crippen molar-refractivity contribution in [1.29, 1.82) is 0 Å². The second-order valence-corrected chi connectivity index (χ2v) is 11.6. The molecule has 0 saturated carbocycles. The number of hydrogen-bond acceptors (Lipinski definition) is 8. The highest BCUT2D eigenvalue weighted by molar-refractivity contribution is 7.93. The van der Waals surface area contributed by atoms with Gasteiger partial charge in [0.05, 0.1) is 22.4 Å². The summed E-state index contributed by atoms with van der Waals surface area (Å²) in [6, 6.07) is 16.4. The van der Waals surface area contributed by atoms with E-state index >= 15 is 0 Å². The predicted octanol–water partition coefficient (Wildman–Crippen LogP) is 4.21. The zero-order chi connectivity index (χ0) is 25.8. The summed E-state index contributed by atoms with van der Waals surface area (Å²) < 4.78 is 29.0. The highest BCUT2D eigenvalue weighted by atomic mass is 32.2. The number of thiazole rings is 1. The van der Waals surface area contributed by atoms with Gasteiger partial charge in [0.2, 0.25) is 5.13 Å². The maximum Gasteiger partial charge on any atom is 0.270 e. The van der Waals surface area contributed by atoms with E-state index in [2.05, 4.69) is 20.6 Å². The first kappa shape index (κ1) is 25.3. The summed E-state index contributed by atoms with van der Waals surface area (Å²) in [6.07, 6.45) is 4.26. The fourth-order valence-corrected chi connectivity index (χ4v) is 6.83. The molecule has 0 radical (unpaired) electrons. The Labute approximate surface area is 221 Å². The van der Waals surface area contributed by atoms with Gasteiger partial charge in [0.25, 0.3) is 10.0 Å². The number of rotatable bonds is 10. The quantitative estimate of drug-likeness (QED) is 0.261. The van der Waals surface area contributed by atoms with Gasteiger partial charge in [0, 0.05) is 42.1 Å². The first-order chi connectivity index (χ1) is 17.9. The Kier molecular flexibility index (Phi) is 7.52. The van der Waals surface area contributed by atoms with Crippen molar-refractivity contribution in [1.82, 2.24) is 15.3 Å². The van der Waals surface area contributed by atoms with Gasteiger partial charge in [-0.15, -0.1) is 11.3 Å². The summed E-state index contributed by atoms with van der Waals surface area (Å²) in [5, 5.41) is 19.1. The van der Waals surface area contributed by atoms with Crippen molar-refractivity contribution in [2.45, 2.75) is 30.8 Å². The van der Waals surface area contributed by atoms with Crippen LogP contribution < -0.4 is 14.9 Å². The van der Waals surface area contributed by atoms with E-state index in [-0.39, 0.29) is 4.90 Å². The maximum atomic E-state index is 13.9. The second-order valence-electron chi connectivity index (χ2n) is 8.96. The lowest BCUT2D eigenvalue weighted by molar-refractivity contribution is 0.174. The number of aryl methyl sites for hydroxylation is 1. The Morgan fingerprint density at radius 3 is 2.76 bits per heavy atom. The van der Waals surface area contributed by atoms with Gasteiger partial charge in [0.15, 0.2) is 0 Å². The number of fused-ring (bicyclic) bond motifs is 1. The topological polar surface area (TPSA) is 107 Å². The zero-order valence-corrected chi connectivity index (χ0v) is 22.1. The van der Waals surface area contributed by atoms with Crippen molar-refractivity contribution in [2.24, 2.45) is 0 Å². The predicted molar refractivity (Wildman–Crippen MR) is 147 cm³/mol. The van der Waals surface area contributed by atoms with E-state index in [4.69, 9.17) is 0 Å². The van der Waals surface area contributed by atoms with Gasteiger partial charge in [-0.05, 0) is 73.8 Å². The lowest BCUT2D eigenvalue weighted by Crippen LogP contribution is -2.26. The first-order valence-corrected chi connectivity index (χ1v) is 14.5. The van der Waals surface area contributed by atoms with Crippen molar-refractivity contribution in [3.8, 4) is 0 Å². The van der Waals surface area contributed by atoms with Gasteiger partial charge >= 0.3 is 0 Å². The zero-order valence-electron chi connectivity index (χ0n) is 20.5. The van der Waals surface area contributed by atoms with Crippen molar-refractivity contribution in [3.63, 3.8) is 0 Å². The summed E-state index contributed by atoms with van der Waals surface area (Å²) in [5.41, 5.74) is 5.14. The molecule has 0 amide bonds. The number of aliphatic hydroxyl groups excluding tert-OH is 1. The van der Waals surface area contributed by atoms with Gasteiger partial charge in [-0.2, -0.15) is 0 Å². The van der Waals surface area contributed by atoms with Crippen LogP contribution in [0.5, 0.6) is 0 Å². The summed E-state index contributed by atoms with van der Waals surface area (Å²) in [4.78, 5) is 8.78. The molecule has 10 heteroatoms. The molecule has 1 aliphatic heterocycles. The molecule has 3 heterocycles. The number of nitrogens with one attached hydrogen (secondary N) is 2. The average molecular weight is 536 g/mol. The highest BCUT2D eigenvalue weighted by Gasteiger charge is 2.30. The van der Waals surface area contributed by atoms with Crippen LogP contribution >= 0.6 is 11.3 Å². The molecule has 1 unspecified atom stereocenters. The molecule has 2 aromatic carbocycles.